The first kappa shape index (κ1) is 31.0. The van der Waals surface area contributed by atoms with Crippen molar-refractivity contribution in [2.75, 3.05) is 0 Å². The van der Waals surface area contributed by atoms with Crippen LogP contribution in [0.1, 0.15) is 187 Å². The van der Waals surface area contributed by atoms with E-state index in [0.717, 1.165) is 11.8 Å². The molecular weight excluding hydrogens is 398 g/mol. The predicted molar refractivity (Wildman–Crippen MR) is 151 cm³/mol. The summed E-state index contributed by atoms with van der Waals surface area (Å²) in [6.07, 6.45) is 38.8. The average molecular weight is 464 g/mol. The van der Waals surface area contributed by atoms with E-state index in [1.165, 1.54) is 167 Å². The van der Waals surface area contributed by atoms with E-state index in [2.05, 4.69) is 13.8 Å². The molecule has 2 N–H and O–H groups in total. The molecule has 1 unspecified atom stereocenters. The lowest BCUT2D eigenvalue weighted by atomic mass is 10.00. The third kappa shape index (κ3) is 21.0. The number of hydrogen-bond donors (Lipinski definition) is 1. The minimum atomic E-state index is 0.470. The predicted octanol–water partition coefficient (Wildman–Crippen LogP) is 11.1. The molecule has 0 bridgehead atoms. The van der Waals surface area contributed by atoms with Crippen molar-refractivity contribution in [3.8, 4) is 0 Å². The van der Waals surface area contributed by atoms with Crippen LogP contribution in [-0.4, -0.2) is 6.04 Å². The van der Waals surface area contributed by atoms with Crippen LogP contribution in [0.2, 0.25) is 0 Å². The molecule has 0 spiro atoms. The molecular formula is C32H65N. The maximum Gasteiger partial charge on any atom is 0.00388 e. The van der Waals surface area contributed by atoms with E-state index >= 15 is 0 Å². The van der Waals surface area contributed by atoms with Crippen molar-refractivity contribution in [1.82, 2.24) is 0 Å². The van der Waals surface area contributed by atoms with Gasteiger partial charge in [-0.25, -0.2) is 0 Å². The van der Waals surface area contributed by atoms with Crippen LogP contribution >= 0.6 is 0 Å². The van der Waals surface area contributed by atoms with Crippen LogP contribution in [0.4, 0.5) is 0 Å². The van der Waals surface area contributed by atoms with E-state index in [0.29, 0.717) is 6.04 Å². The SMILES string of the molecule is CCCCCCCCCCCC(N)CCCCCCCCC[C@H]1C[C@H]1CCCCCCCC. The summed E-state index contributed by atoms with van der Waals surface area (Å²) in [6, 6.07) is 0.470. The molecule has 1 saturated carbocycles. The molecule has 0 aromatic heterocycles. The smallest absolute Gasteiger partial charge is 0.00388 e. The Morgan fingerprint density at radius 1 is 0.455 bits per heavy atom. The van der Waals surface area contributed by atoms with Crippen molar-refractivity contribution in [1.29, 1.82) is 0 Å². The van der Waals surface area contributed by atoms with Gasteiger partial charge in [-0.3, -0.25) is 0 Å². The molecule has 0 aromatic rings. The standard InChI is InChI=1S/C32H65N/c1-3-5-7-9-11-12-15-19-23-27-32(33)28-24-20-16-13-14-18-22-26-31-29-30(31)25-21-17-10-8-6-4-2/h30-32H,3-29,33H2,1-2H3/t30-,31+,32?/m1/s1. The van der Waals surface area contributed by atoms with Gasteiger partial charge >= 0.3 is 0 Å². The second-order valence-corrected chi connectivity index (χ2v) is 11.7. The highest BCUT2D eigenvalue weighted by molar-refractivity contribution is 4.85. The number of rotatable bonds is 27. The first-order valence-corrected chi connectivity index (χ1v) is 16.0. The molecule has 1 rings (SSSR count). The van der Waals surface area contributed by atoms with E-state index in [-0.39, 0.29) is 0 Å². The molecule has 0 radical (unpaired) electrons. The Morgan fingerprint density at radius 3 is 1.12 bits per heavy atom. The Morgan fingerprint density at radius 2 is 0.758 bits per heavy atom. The maximum atomic E-state index is 6.35. The Balaban J connectivity index is 1.72. The number of nitrogens with two attached hydrogens (primary N) is 1. The van der Waals surface area contributed by atoms with Crippen molar-refractivity contribution in [3.63, 3.8) is 0 Å². The van der Waals surface area contributed by atoms with Gasteiger partial charge in [-0.15, -0.1) is 0 Å². The van der Waals surface area contributed by atoms with Gasteiger partial charge in [-0.2, -0.15) is 0 Å². The molecule has 3 atom stereocenters. The van der Waals surface area contributed by atoms with Crippen LogP contribution in [-0.2, 0) is 0 Å². The van der Waals surface area contributed by atoms with Gasteiger partial charge in [-0.05, 0) is 31.1 Å². The highest BCUT2D eigenvalue weighted by Crippen LogP contribution is 2.45. The van der Waals surface area contributed by atoms with Crippen molar-refractivity contribution in [3.05, 3.63) is 0 Å². The van der Waals surface area contributed by atoms with E-state index in [4.69, 9.17) is 5.73 Å². The largest absolute Gasteiger partial charge is 0.328 e. The molecule has 0 amide bonds. The van der Waals surface area contributed by atoms with Crippen LogP contribution in [0.25, 0.3) is 0 Å². The quantitative estimate of drug-likeness (QED) is 0.120. The Labute approximate surface area is 210 Å². The summed E-state index contributed by atoms with van der Waals surface area (Å²) in [7, 11) is 0. The minimum absolute atomic E-state index is 0.470. The summed E-state index contributed by atoms with van der Waals surface area (Å²) in [5, 5.41) is 0. The monoisotopic (exact) mass is 464 g/mol. The second kappa shape index (κ2) is 23.7. The van der Waals surface area contributed by atoms with Crippen LogP contribution in [0.5, 0.6) is 0 Å². The van der Waals surface area contributed by atoms with Crippen molar-refractivity contribution in [2.24, 2.45) is 17.6 Å². The van der Waals surface area contributed by atoms with Gasteiger partial charge in [0.25, 0.3) is 0 Å². The lowest BCUT2D eigenvalue weighted by Gasteiger charge is -2.11. The first-order valence-electron chi connectivity index (χ1n) is 16.0. The summed E-state index contributed by atoms with van der Waals surface area (Å²) < 4.78 is 0. The molecule has 0 aromatic carbocycles. The van der Waals surface area contributed by atoms with E-state index in [9.17, 15) is 0 Å². The Kier molecular flexibility index (Phi) is 22.2. The van der Waals surface area contributed by atoms with E-state index in [1.807, 2.05) is 0 Å². The molecule has 1 aliphatic rings. The molecule has 198 valence electrons. The molecule has 33 heavy (non-hydrogen) atoms. The molecule has 0 saturated heterocycles. The summed E-state index contributed by atoms with van der Waals surface area (Å²) in [5.74, 6) is 2.24. The van der Waals surface area contributed by atoms with E-state index < -0.39 is 0 Å². The fraction of sp³-hybridized carbons (Fsp3) is 1.00. The lowest BCUT2D eigenvalue weighted by molar-refractivity contribution is 0.477. The maximum absolute atomic E-state index is 6.35. The van der Waals surface area contributed by atoms with Crippen molar-refractivity contribution in [2.45, 2.75) is 193 Å². The summed E-state index contributed by atoms with van der Waals surface area (Å²) in [5.41, 5.74) is 6.35. The van der Waals surface area contributed by atoms with Crippen LogP contribution in [0.3, 0.4) is 0 Å². The number of unbranched alkanes of at least 4 members (excludes halogenated alkanes) is 19. The molecule has 1 heteroatoms. The van der Waals surface area contributed by atoms with Gasteiger partial charge in [-0.1, -0.05) is 168 Å². The van der Waals surface area contributed by atoms with Gasteiger partial charge in [0.05, 0.1) is 0 Å². The number of hydrogen-bond acceptors (Lipinski definition) is 1. The Hall–Kier alpha value is -0.0400. The fourth-order valence-corrected chi connectivity index (χ4v) is 5.76. The summed E-state index contributed by atoms with van der Waals surface area (Å²) >= 11 is 0. The fourth-order valence-electron chi connectivity index (χ4n) is 5.76. The molecule has 1 aliphatic carbocycles. The first-order chi connectivity index (χ1) is 16.3. The third-order valence-corrected chi connectivity index (χ3v) is 8.33. The third-order valence-electron chi connectivity index (χ3n) is 8.33. The normalized spacial score (nSPS) is 18.6. The van der Waals surface area contributed by atoms with Gasteiger partial charge in [0, 0.05) is 6.04 Å². The second-order valence-electron chi connectivity index (χ2n) is 11.7. The topological polar surface area (TPSA) is 26.0 Å². The molecule has 1 nitrogen and oxygen atoms in total. The zero-order chi connectivity index (χ0) is 23.8. The molecule has 0 heterocycles. The van der Waals surface area contributed by atoms with Crippen LogP contribution in [0, 0.1) is 11.8 Å². The average Bonchev–Trinajstić information content (AvgIpc) is 3.57. The van der Waals surface area contributed by atoms with Crippen LogP contribution < -0.4 is 5.73 Å². The van der Waals surface area contributed by atoms with Crippen LogP contribution in [0.15, 0.2) is 0 Å². The zero-order valence-electron chi connectivity index (χ0n) is 23.4. The van der Waals surface area contributed by atoms with Crippen molar-refractivity contribution < 1.29 is 0 Å². The summed E-state index contributed by atoms with van der Waals surface area (Å²) in [4.78, 5) is 0. The molecule has 0 aliphatic heterocycles. The minimum Gasteiger partial charge on any atom is -0.328 e. The molecule has 1 fully saturated rings. The van der Waals surface area contributed by atoms with Gasteiger partial charge < -0.3 is 5.73 Å². The Bertz CT molecular complexity index is 379. The lowest BCUT2D eigenvalue weighted by Crippen LogP contribution is -2.19. The highest BCUT2D eigenvalue weighted by Gasteiger charge is 2.34. The zero-order valence-corrected chi connectivity index (χ0v) is 23.4. The highest BCUT2D eigenvalue weighted by atomic mass is 14.6. The van der Waals surface area contributed by atoms with Gasteiger partial charge in [0.1, 0.15) is 0 Å². The van der Waals surface area contributed by atoms with Gasteiger partial charge in [0.2, 0.25) is 0 Å². The van der Waals surface area contributed by atoms with Crippen molar-refractivity contribution >= 4 is 0 Å². The summed E-state index contributed by atoms with van der Waals surface area (Å²) in [6.45, 7) is 4.61. The van der Waals surface area contributed by atoms with Gasteiger partial charge in [0.15, 0.2) is 0 Å². The van der Waals surface area contributed by atoms with E-state index in [1.54, 1.807) is 6.42 Å².